The fourth-order valence-electron chi connectivity index (χ4n) is 3.30. The van der Waals surface area contributed by atoms with Gasteiger partial charge >= 0.3 is 0 Å². The summed E-state index contributed by atoms with van der Waals surface area (Å²) in [6.07, 6.45) is 1.81. The molecule has 0 radical (unpaired) electrons. The number of nitrogens with one attached hydrogen (secondary N) is 1. The molecule has 1 aliphatic rings. The number of hydrogen-bond acceptors (Lipinski definition) is 6. The summed E-state index contributed by atoms with van der Waals surface area (Å²) in [5.74, 6) is 1.92. The molecule has 0 bridgehead atoms. The summed E-state index contributed by atoms with van der Waals surface area (Å²) in [5.41, 5.74) is 3.39. The highest BCUT2D eigenvalue weighted by Gasteiger charge is 2.33. The molecule has 0 unspecified atom stereocenters. The quantitative estimate of drug-likeness (QED) is 0.873. The molecule has 1 fully saturated rings. The van der Waals surface area contributed by atoms with E-state index in [-0.39, 0.29) is 12.1 Å². The van der Waals surface area contributed by atoms with Crippen LogP contribution in [0.2, 0.25) is 0 Å². The molecule has 0 saturated carbocycles. The summed E-state index contributed by atoms with van der Waals surface area (Å²) in [5, 5.41) is 12.1. The molecule has 132 valence electrons. The standard InChI is InChI=1S/C17H27N5O2/c1-10(2)8-15-19-14(21-24-15)9-18-13-6-7-23-17(13)16-11(3)20-22(5)12(16)4/h10,13,17-18H,6-9H2,1-5H3/t13-,17-/m0/s1. The van der Waals surface area contributed by atoms with E-state index in [1.807, 2.05) is 18.7 Å². The van der Waals surface area contributed by atoms with Crippen LogP contribution in [0.25, 0.3) is 0 Å². The van der Waals surface area contributed by atoms with Crippen molar-refractivity contribution in [2.45, 2.75) is 59.2 Å². The molecule has 7 heteroatoms. The lowest BCUT2D eigenvalue weighted by atomic mass is 10.0. The van der Waals surface area contributed by atoms with E-state index in [1.54, 1.807) is 0 Å². The second-order valence-electron chi connectivity index (χ2n) is 6.98. The molecule has 24 heavy (non-hydrogen) atoms. The molecular weight excluding hydrogens is 306 g/mol. The van der Waals surface area contributed by atoms with Gasteiger partial charge in [-0.3, -0.25) is 4.68 Å². The first-order valence-corrected chi connectivity index (χ1v) is 8.62. The van der Waals surface area contributed by atoms with Crippen molar-refractivity contribution in [2.24, 2.45) is 13.0 Å². The van der Waals surface area contributed by atoms with E-state index in [4.69, 9.17) is 9.26 Å². The van der Waals surface area contributed by atoms with Crippen molar-refractivity contribution in [1.29, 1.82) is 0 Å². The molecule has 0 aliphatic carbocycles. The highest BCUT2D eigenvalue weighted by molar-refractivity contribution is 5.29. The number of aromatic nitrogens is 4. The van der Waals surface area contributed by atoms with Crippen LogP contribution in [0.1, 0.15) is 55.0 Å². The van der Waals surface area contributed by atoms with Crippen molar-refractivity contribution < 1.29 is 9.26 Å². The summed E-state index contributed by atoms with van der Waals surface area (Å²) >= 11 is 0. The first-order valence-electron chi connectivity index (χ1n) is 8.62. The Morgan fingerprint density at radius 3 is 2.79 bits per heavy atom. The van der Waals surface area contributed by atoms with Gasteiger partial charge in [0.15, 0.2) is 5.82 Å². The molecule has 3 rings (SSSR count). The van der Waals surface area contributed by atoms with Crippen LogP contribution in [0.15, 0.2) is 4.52 Å². The largest absolute Gasteiger partial charge is 0.372 e. The molecule has 2 atom stereocenters. The maximum atomic E-state index is 5.99. The maximum Gasteiger partial charge on any atom is 0.226 e. The first-order chi connectivity index (χ1) is 11.5. The van der Waals surface area contributed by atoms with Gasteiger partial charge in [0.2, 0.25) is 5.89 Å². The lowest BCUT2D eigenvalue weighted by Crippen LogP contribution is -2.32. The zero-order valence-corrected chi connectivity index (χ0v) is 15.2. The summed E-state index contributed by atoms with van der Waals surface area (Å²) in [6.45, 7) is 9.75. The van der Waals surface area contributed by atoms with Gasteiger partial charge in [-0.15, -0.1) is 0 Å². The van der Waals surface area contributed by atoms with Crippen molar-refractivity contribution in [2.75, 3.05) is 6.61 Å². The van der Waals surface area contributed by atoms with Crippen LogP contribution in [0.3, 0.4) is 0 Å². The predicted molar refractivity (Wildman–Crippen MR) is 89.5 cm³/mol. The molecule has 0 spiro atoms. The number of aryl methyl sites for hydroxylation is 2. The zero-order valence-electron chi connectivity index (χ0n) is 15.2. The van der Waals surface area contributed by atoms with Crippen molar-refractivity contribution in [3.8, 4) is 0 Å². The smallest absolute Gasteiger partial charge is 0.226 e. The SMILES string of the molecule is Cc1nn(C)c(C)c1[C@H]1OCC[C@@H]1NCc1noc(CC(C)C)n1. The molecule has 1 N–H and O–H groups in total. The lowest BCUT2D eigenvalue weighted by Gasteiger charge is -2.20. The Morgan fingerprint density at radius 1 is 1.33 bits per heavy atom. The molecule has 2 aromatic heterocycles. The summed E-state index contributed by atoms with van der Waals surface area (Å²) in [7, 11) is 1.97. The van der Waals surface area contributed by atoms with Crippen LogP contribution < -0.4 is 5.32 Å². The number of hydrogen-bond donors (Lipinski definition) is 1. The van der Waals surface area contributed by atoms with Crippen molar-refractivity contribution in [3.63, 3.8) is 0 Å². The first kappa shape index (κ1) is 17.1. The number of rotatable bonds is 6. The number of nitrogens with zero attached hydrogens (tertiary/aromatic N) is 4. The van der Waals surface area contributed by atoms with Gasteiger partial charge in [0.25, 0.3) is 0 Å². The Labute approximate surface area is 142 Å². The summed E-state index contributed by atoms with van der Waals surface area (Å²) in [4.78, 5) is 4.45. The second-order valence-corrected chi connectivity index (χ2v) is 6.98. The molecular formula is C17H27N5O2. The van der Waals surface area contributed by atoms with E-state index in [2.05, 4.69) is 41.3 Å². The van der Waals surface area contributed by atoms with E-state index >= 15 is 0 Å². The van der Waals surface area contributed by atoms with Gasteiger partial charge in [-0.05, 0) is 26.2 Å². The van der Waals surface area contributed by atoms with Gasteiger partial charge in [-0.25, -0.2) is 0 Å². The molecule has 2 aromatic rings. The highest BCUT2D eigenvalue weighted by atomic mass is 16.5. The van der Waals surface area contributed by atoms with Crippen molar-refractivity contribution in [3.05, 3.63) is 28.7 Å². The van der Waals surface area contributed by atoms with Gasteiger partial charge in [0.1, 0.15) is 6.10 Å². The van der Waals surface area contributed by atoms with Crippen LogP contribution in [0, 0.1) is 19.8 Å². The van der Waals surface area contributed by atoms with E-state index < -0.39 is 0 Å². The Hall–Kier alpha value is -1.73. The minimum atomic E-state index is 0.0285. The highest BCUT2D eigenvalue weighted by Crippen LogP contribution is 2.33. The van der Waals surface area contributed by atoms with E-state index in [1.165, 1.54) is 5.56 Å². The monoisotopic (exact) mass is 333 g/mol. The predicted octanol–water partition coefficient (Wildman–Crippen LogP) is 2.24. The van der Waals surface area contributed by atoms with Gasteiger partial charge in [-0.1, -0.05) is 19.0 Å². The number of ether oxygens (including phenoxy) is 1. The molecule has 7 nitrogen and oxygen atoms in total. The van der Waals surface area contributed by atoms with Gasteiger partial charge in [0, 0.05) is 37.4 Å². The molecule has 0 aromatic carbocycles. The average molecular weight is 333 g/mol. The third-order valence-electron chi connectivity index (χ3n) is 4.56. The van der Waals surface area contributed by atoms with Crippen molar-refractivity contribution in [1.82, 2.24) is 25.2 Å². The van der Waals surface area contributed by atoms with Crippen molar-refractivity contribution >= 4 is 0 Å². The third kappa shape index (κ3) is 3.52. The van der Waals surface area contributed by atoms with Crippen LogP contribution in [0.4, 0.5) is 0 Å². The molecule has 1 aliphatic heterocycles. The van der Waals surface area contributed by atoms with Gasteiger partial charge in [0.05, 0.1) is 12.2 Å². The summed E-state index contributed by atoms with van der Waals surface area (Å²) in [6, 6.07) is 0.235. The molecule has 1 saturated heterocycles. The van der Waals surface area contributed by atoms with Crippen LogP contribution in [-0.4, -0.2) is 32.6 Å². The Kier molecular flexibility index (Phi) is 5.01. The average Bonchev–Trinajstić information content (AvgIpc) is 3.18. The topological polar surface area (TPSA) is 78.0 Å². The van der Waals surface area contributed by atoms with Crippen LogP contribution >= 0.6 is 0 Å². The normalized spacial score (nSPS) is 21.1. The van der Waals surface area contributed by atoms with E-state index in [0.29, 0.717) is 24.2 Å². The summed E-state index contributed by atoms with van der Waals surface area (Å²) < 4.78 is 13.2. The van der Waals surface area contributed by atoms with Crippen LogP contribution in [-0.2, 0) is 24.8 Å². The Bertz CT molecular complexity index is 691. The maximum absolute atomic E-state index is 5.99. The lowest BCUT2D eigenvalue weighted by molar-refractivity contribution is 0.0972. The Morgan fingerprint density at radius 2 is 2.12 bits per heavy atom. The minimum Gasteiger partial charge on any atom is -0.372 e. The van der Waals surface area contributed by atoms with Gasteiger partial charge in [-0.2, -0.15) is 10.1 Å². The third-order valence-corrected chi connectivity index (χ3v) is 4.56. The van der Waals surface area contributed by atoms with Gasteiger partial charge < -0.3 is 14.6 Å². The zero-order chi connectivity index (χ0) is 17.3. The minimum absolute atomic E-state index is 0.0285. The van der Waals surface area contributed by atoms with Crippen LogP contribution in [0.5, 0.6) is 0 Å². The van der Waals surface area contributed by atoms with E-state index in [9.17, 15) is 0 Å². The second kappa shape index (κ2) is 7.03. The fraction of sp³-hybridized carbons (Fsp3) is 0.706. The molecule has 3 heterocycles. The molecule has 0 amide bonds. The fourth-order valence-corrected chi connectivity index (χ4v) is 3.30. The van der Waals surface area contributed by atoms with E-state index in [0.717, 1.165) is 30.8 Å². The Balaban J connectivity index is 1.65.